The van der Waals surface area contributed by atoms with E-state index >= 15 is 0 Å². The van der Waals surface area contributed by atoms with Crippen molar-refractivity contribution in [3.8, 4) is 4.97 Å². The van der Waals surface area contributed by atoms with Gasteiger partial charge in [-0.25, -0.2) is 0 Å². The van der Waals surface area contributed by atoms with Gasteiger partial charge in [-0.1, -0.05) is 0 Å². The van der Waals surface area contributed by atoms with Gasteiger partial charge in [0.1, 0.15) is 0 Å². The van der Waals surface area contributed by atoms with Gasteiger partial charge in [-0.2, -0.15) is 0 Å². The quantitative estimate of drug-likeness (QED) is 0.502. The van der Waals surface area contributed by atoms with Gasteiger partial charge in [0, 0.05) is 34.1 Å². The maximum absolute atomic E-state index is 7.21. The fraction of sp³-hybridized carbons (Fsp3) is 0. The van der Waals surface area contributed by atoms with Crippen LogP contribution in [-0.4, -0.2) is 29.6 Å². The molecule has 37 valence electrons. The zero-order valence-electron chi connectivity index (χ0n) is 1.98. The van der Waals surface area contributed by atoms with E-state index in [0.29, 0.717) is 0 Å². The Morgan fingerprint density at radius 1 is 1.50 bits per heavy atom. The Hall–Kier alpha value is 2.05. The third-order valence-electron chi connectivity index (χ3n) is 0. The van der Waals surface area contributed by atoms with Gasteiger partial charge in [-0.05, 0) is 0 Å². The molecule has 0 fully saturated rings. The molecule has 2 radical (unpaired) electrons. The van der Waals surface area contributed by atoms with Crippen LogP contribution in [0.15, 0.2) is 0 Å². The first kappa shape index (κ1) is 24.4. The summed E-state index contributed by atoms with van der Waals surface area (Å²) in [6.45, 7) is 0. The number of hydrogen-bond donors (Lipinski definition) is 0. The second-order valence-electron chi connectivity index (χ2n) is 0.0791. The Labute approximate surface area is 88.7 Å². The van der Waals surface area contributed by atoms with Crippen LogP contribution in [0.2, 0.25) is 0 Å². The molecule has 0 aromatic heterocycles. The van der Waals surface area contributed by atoms with E-state index in [1.54, 1.807) is 0 Å². The third-order valence-corrected chi connectivity index (χ3v) is 0. The minimum atomic E-state index is 0. The van der Waals surface area contributed by atoms with Crippen LogP contribution < -0.4 is 0 Å². The van der Waals surface area contributed by atoms with Crippen molar-refractivity contribution in [2.75, 3.05) is 0 Å². The second-order valence-corrected chi connectivity index (χ2v) is 0.326. The third kappa shape index (κ3) is 36.7. The van der Waals surface area contributed by atoms with Crippen molar-refractivity contribution in [1.29, 1.82) is 5.26 Å². The van der Waals surface area contributed by atoms with E-state index in [4.69, 9.17) is 5.26 Å². The standard InChI is InChI=1S/CN.Cu.Fe.Mn.Na.H/c1-2;;;;;. The van der Waals surface area contributed by atoms with Crippen molar-refractivity contribution in [1.82, 2.24) is 0 Å². The zero-order valence-corrected chi connectivity index (χ0v) is 5.21. The number of nitriles is 1. The molecule has 0 aromatic rings. The van der Waals surface area contributed by atoms with Crippen LogP contribution in [0.25, 0.3) is 0 Å². The van der Waals surface area contributed by atoms with Crippen molar-refractivity contribution in [3.63, 3.8) is 0 Å². The number of nitrogens with zero attached hydrogens (tertiary/aromatic N) is 1. The van der Waals surface area contributed by atoms with E-state index in [9.17, 15) is 0 Å². The molecule has 0 aromatic carbocycles. The molecule has 0 aliphatic carbocycles. The summed E-state index contributed by atoms with van der Waals surface area (Å²) in [5.41, 5.74) is 0. The monoisotopic (exact) mass is 224 g/mol. The summed E-state index contributed by atoms with van der Waals surface area (Å²) < 4.78 is 0. The first-order valence-electron chi connectivity index (χ1n) is 0.400. The fourth-order valence-corrected chi connectivity index (χ4v) is 0. The molecule has 0 N–H and O–H groups in total. The molecule has 0 saturated carbocycles. The second kappa shape index (κ2) is 27.7. The predicted molar refractivity (Wildman–Crippen MR) is 12.8 cm³/mol. The van der Waals surface area contributed by atoms with Crippen molar-refractivity contribution in [2.45, 2.75) is 0 Å². The number of rotatable bonds is 0. The fourth-order valence-electron chi connectivity index (χ4n) is 0. The molecular formula is CHCuFeMnNNa. The summed E-state index contributed by atoms with van der Waals surface area (Å²) in [7, 11) is 0. The maximum atomic E-state index is 7.21. The van der Waals surface area contributed by atoms with E-state index in [2.05, 4.69) is 16.0 Å². The molecule has 0 heterocycles. The van der Waals surface area contributed by atoms with Crippen molar-refractivity contribution >= 4 is 29.6 Å². The van der Waals surface area contributed by atoms with E-state index in [1.165, 1.54) is 4.97 Å². The van der Waals surface area contributed by atoms with Crippen LogP contribution in [-0.2, 0) is 50.2 Å². The van der Waals surface area contributed by atoms with Crippen molar-refractivity contribution in [3.05, 3.63) is 0 Å². The van der Waals surface area contributed by atoms with Gasteiger partial charge < -0.3 is 0 Å². The van der Waals surface area contributed by atoms with Gasteiger partial charge in [0.05, 0.1) is 0 Å². The van der Waals surface area contributed by atoms with E-state index in [0.717, 1.165) is 0 Å². The van der Waals surface area contributed by atoms with E-state index in [-0.39, 0.29) is 63.7 Å². The summed E-state index contributed by atoms with van der Waals surface area (Å²) in [5, 5.41) is 7.21. The van der Waals surface area contributed by atoms with Gasteiger partial charge in [-0.15, -0.1) is 0 Å². The first-order valence-corrected chi connectivity index (χ1v) is 0.952. The Kier molecular flexibility index (Phi) is 113. The van der Waals surface area contributed by atoms with Gasteiger partial charge in [0.2, 0.25) is 0 Å². The Balaban J connectivity index is -0.00000000667. The molecule has 0 rings (SSSR count). The van der Waals surface area contributed by atoms with Crippen LogP contribution in [0.3, 0.4) is 0 Å². The Bertz CT molecular complexity index is 37.0. The molecule has 0 unspecified atom stereocenters. The van der Waals surface area contributed by atoms with Crippen LogP contribution >= 0.6 is 0 Å². The van der Waals surface area contributed by atoms with Gasteiger partial charge in [0.25, 0.3) is 0 Å². The molecule has 0 amide bonds. The molecule has 6 heavy (non-hydrogen) atoms. The molecule has 0 aliphatic rings. The van der Waals surface area contributed by atoms with Crippen molar-refractivity contribution < 1.29 is 50.2 Å². The van der Waals surface area contributed by atoms with Gasteiger partial charge in [-0.3, -0.25) is 0 Å². The average Bonchev–Trinajstić information content (AvgIpc) is 0.918. The molecule has 0 bridgehead atoms. The normalized spacial score (nSPS) is 1.33. The van der Waals surface area contributed by atoms with Crippen LogP contribution in [0.1, 0.15) is 0 Å². The Morgan fingerprint density at radius 3 is 1.50 bits per heavy atom. The molecule has 1 nitrogen and oxygen atoms in total. The first-order chi connectivity index (χ1) is 1.41. The summed E-state index contributed by atoms with van der Waals surface area (Å²) in [6, 6.07) is 0. The molecule has 0 spiro atoms. The van der Waals surface area contributed by atoms with Gasteiger partial charge >= 0.3 is 55.8 Å². The van der Waals surface area contributed by atoms with Crippen molar-refractivity contribution in [2.24, 2.45) is 0 Å². The topological polar surface area (TPSA) is 23.8 Å². The van der Waals surface area contributed by atoms with E-state index < -0.39 is 0 Å². The summed E-state index contributed by atoms with van der Waals surface area (Å²) in [4.78, 5) is 1.50. The Morgan fingerprint density at radius 2 is 1.50 bits per heavy atom. The molecular weight excluding hydrogens is 223 g/mol. The van der Waals surface area contributed by atoms with E-state index in [1.807, 2.05) is 0 Å². The summed E-state index contributed by atoms with van der Waals surface area (Å²) in [5.74, 6) is 0. The summed E-state index contributed by atoms with van der Waals surface area (Å²) in [6.07, 6.45) is 0. The van der Waals surface area contributed by atoms with Gasteiger partial charge in [0.15, 0.2) is 0 Å². The molecule has 5 heteroatoms. The molecule has 0 saturated heterocycles. The average molecular weight is 224 g/mol. The van der Waals surface area contributed by atoms with Crippen LogP contribution in [0, 0.1) is 10.2 Å². The summed E-state index contributed by atoms with van der Waals surface area (Å²) >= 11 is 2.79. The molecule has 0 aliphatic heterocycles. The van der Waals surface area contributed by atoms with Crippen LogP contribution in [0.5, 0.6) is 0 Å². The molecule has 0 atom stereocenters. The van der Waals surface area contributed by atoms with Crippen LogP contribution in [0.4, 0.5) is 0 Å². The SMILES string of the molecule is N#[C][Fe].[Cu].[Mn].[NaH]. The zero-order chi connectivity index (χ0) is 2.71. The predicted octanol–water partition coefficient (Wildman–Crippen LogP) is -0.639. The number of hydrogen-bond acceptors (Lipinski definition) is 1. The minimum absolute atomic E-state index is 0.